The number of piperazine rings is 1. The highest BCUT2D eigenvalue weighted by atomic mass is 16.5. The molecule has 1 aromatic rings. The Bertz CT molecular complexity index is 536. The van der Waals surface area contributed by atoms with Crippen molar-refractivity contribution in [1.82, 2.24) is 10.2 Å². The first-order valence-corrected chi connectivity index (χ1v) is 7.82. The molecule has 2 aliphatic rings. The van der Waals surface area contributed by atoms with Gasteiger partial charge in [-0.3, -0.25) is 9.69 Å². The maximum absolute atomic E-state index is 12.4. The maximum atomic E-state index is 12.4. The molecular formula is C17H24N2O2. The van der Waals surface area contributed by atoms with Crippen molar-refractivity contribution in [3.05, 3.63) is 29.3 Å². The van der Waals surface area contributed by atoms with Gasteiger partial charge in [0.1, 0.15) is 11.3 Å². The summed E-state index contributed by atoms with van der Waals surface area (Å²) in [5, 5.41) is 3.06. The topological polar surface area (TPSA) is 41.6 Å². The summed E-state index contributed by atoms with van der Waals surface area (Å²) in [5.74, 6) is 1.14. The molecule has 21 heavy (non-hydrogen) atoms. The van der Waals surface area contributed by atoms with Crippen LogP contribution in [0.25, 0.3) is 0 Å². The fourth-order valence-electron chi connectivity index (χ4n) is 3.75. The minimum atomic E-state index is -0.284. The lowest BCUT2D eigenvalue weighted by molar-refractivity contribution is -0.137. The lowest BCUT2D eigenvalue weighted by Crippen LogP contribution is -2.63. The molecule has 0 atom stereocenters. The Morgan fingerprint density at radius 1 is 1.33 bits per heavy atom. The van der Waals surface area contributed by atoms with Crippen LogP contribution in [0.5, 0.6) is 5.75 Å². The van der Waals surface area contributed by atoms with Crippen LogP contribution < -0.4 is 10.1 Å². The van der Waals surface area contributed by atoms with Gasteiger partial charge in [0.15, 0.2) is 0 Å². The summed E-state index contributed by atoms with van der Waals surface area (Å²) in [7, 11) is 1.71. The van der Waals surface area contributed by atoms with Gasteiger partial charge in [-0.1, -0.05) is 25.0 Å². The smallest absolute Gasteiger partial charge is 0.240 e. The highest BCUT2D eigenvalue weighted by molar-refractivity contribution is 5.87. The molecule has 0 unspecified atom stereocenters. The maximum Gasteiger partial charge on any atom is 0.240 e. The normalized spacial score (nSPS) is 21.5. The third kappa shape index (κ3) is 2.53. The molecule has 4 nitrogen and oxygen atoms in total. The van der Waals surface area contributed by atoms with E-state index in [9.17, 15) is 4.79 Å². The molecule has 1 aliphatic carbocycles. The molecule has 0 aromatic heterocycles. The van der Waals surface area contributed by atoms with Crippen molar-refractivity contribution in [2.45, 2.75) is 44.7 Å². The van der Waals surface area contributed by atoms with Gasteiger partial charge in [-0.05, 0) is 31.4 Å². The highest BCUT2D eigenvalue weighted by Gasteiger charge is 2.47. The van der Waals surface area contributed by atoms with E-state index in [1.54, 1.807) is 7.11 Å². The Balaban J connectivity index is 1.87. The average Bonchev–Trinajstić information content (AvgIpc) is 2.96. The predicted octanol–water partition coefficient (Wildman–Crippen LogP) is 2.25. The molecule has 1 heterocycles. The van der Waals surface area contributed by atoms with E-state index >= 15 is 0 Å². The fraction of sp³-hybridized carbons (Fsp3) is 0.588. The number of ether oxygens (including phenoxy) is 1. The van der Waals surface area contributed by atoms with E-state index in [1.165, 1.54) is 11.1 Å². The standard InChI is InChI=1S/C17H24N2O2/c1-13-5-6-14(15(11-13)21-2)12-19-10-9-18-16(20)17(19)7-3-4-8-17/h5-6,11H,3-4,7-10,12H2,1-2H3,(H,18,20). The van der Waals surface area contributed by atoms with Gasteiger partial charge in [-0.2, -0.15) is 0 Å². The number of hydrogen-bond donors (Lipinski definition) is 1. The molecule has 3 rings (SSSR count). The van der Waals surface area contributed by atoms with Crippen molar-refractivity contribution in [1.29, 1.82) is 0 Å². The van der Waals surface area contributed by atoms with Gasteiger partial charge in [0.25, 0.3) is 0 Å². The van der Waals surface area contributed by atoms with Gasteiger partial charge < -0.3 is 10.1 Å². The third-order valence-electron chi connectivity index (χ3n) is 4.93. The van der Waals surface area contributed by atoms with E-state index in [-0.39, 0.29) is 11.4 Å². The lowest BCUT2D eigenvalue weighted by Gasteiger charge is -2.43. The largest absolute Gasteiger partial charge is 0.496 e. The Labute approximate surface area is 126 Å². The van der Waals surface area contributed by atoms with Crippen molar-refractivity contribution in [2.75, 3.05) is 20.2 Å². The number of nitrogens with one attached hydrogen (secondary N) is 1. The molecule has 1 saturated carbocycles. The van der Waals surface area contributed by atoms with Crippen LogP contribution in [-0.4, -0.2) is 36.5 Å². The molecule has 1 spiro atoms. The van der Waals surface area contributed by atoms with Crippen LogP contribution in [-0.2, 0) is 11.3 Å². The molecule has 1 amide bonds. The fourth-order valence-corrected chi connectivity index (χ4v) is 3.75. The summed E-state index contributed by atoms with van der Waals surface area (Å²) in [6, 6.07) is 6.31. The van der Waals surface area contributed by atoms with Crippen LogP contribution in [0, 0.1) is 6.92 Å². The number of benzene rings is 1. The second-order valence-electron chi connectivity index (χ2n) is 6.23. The van der Waals surface area contributed by atoms with Crippen molar-refractivity contribution in [3.8, 4) is 5.75 Å². The summed E-state index contributed by atoms with van der Waals surface area (Å²) in [4.78, 5) is 14.8. The number of hydrogen-bond acceptors (Lipinski definition) is 3. The summed E-state index contributed by atoms with van der Waals surface area (Å²) >= 11 is 0. The number of rotatable bonds is 3. The van der Waals surface area contributed by atoms with E-state index < -0.39 is 0 Å². The Hall–Kier alpha value is -1.55. The van der Waals surface area contributed by atoms with E-state index in [0.29, 0.717) is 0 Å². The van der Waals surface area contributed by atoms with Gasteiger partial charge in [0.05, 0.1) is 7.11 Å². The van der Waals surface area contributed by atoms with E-state index in [0.717, 1.165) is 51.1 Å². The van der Waals surface area contributed by atoms with Gasteiger partial charge in [-0.25, -0.2) is 0 Å². The second kappa shape index (κ2) is 5.68. The number of methoxy groups -OCH3 is 1. The molecule has 4 heteroatoms. The van der Waals surface area contributed by atoms with E-state index in [4.69, 9.17) is 4.74 Å². The summed E-state index contributed by atoms with van der Waals surface area (Å²) < 4.78 is 5.52. The predicted molar refractivity (Wildman–Crippen MR) is 82.3 cm³/mol. The molecule has 1 N–H and O–H groups in total. The third-order valence-corrected chi connectivity index (χ3v) is 4.93. The highest BCUT2D eigenvalue weighted by Crippen LogP contribution is 2.38. The van der Waals surface area contributed by atoms with Crippen LogP contribution in [0.15, 0.2) is 18.2 Å². The Kier molecular flexibility index (Phi) is 3.89. The van der Waals surface area contributed by atoms with Crippen LogP contribution in [0.3, 0.4) is 0 Å². The van der Waals surface area contributed by atoms with Crippen molar-refractivity contribution in [3.63, 3.8) is 0 Å². The molecule has 1 aromatic carbocycles. The van der Waals surface area contributed by atoms with Gasteiger partial charge >= 0.3 is 0 Å². The van der Waals surface area contributed by atoms with E-state index in [1.807, 2.05) is 0 Å². The number of carbonyl (C=O) groups excluding carboxylic acids is 1. The van der Waals surface area contributed by atoms with Crippen molar-refractivity contribution >= 4 is 5.91 Å². The molecular weight excluding hydrogens is 264 g/mol. The SMILES string of the molecule is COc1cc(C)ccc1CN1CCNC(=O)C12CCCC2. The van der Waals surface area contributed by atoms with Crippen LogP contribution in [0.1, 0.15) is 36.8 Å². The van der Waals surface area contributed by atoms with Gasteiger partial charge in [0.2, 0.25) is 5.91 Å². The quantitative estimate of drug-likeness (QED) is 0.927. The van der Waals surface area contributed by atoms with Crippen LogP contribution in [0.2, 0.25) is 0 Å². The van der Waals surface area contributed by atoms with Crippen molar-refractivity contribution in [2.24, 2.45) is 0 Å². The first-order chi connectivity index (χ1) is 10.2. The van der Waals surface area contributed by atoms with Crippen molar-refractivity contribution < 1.29 is 9.53 Å². The second-order valence-corrected chi connectivity index (χ2v) is 6.23. The molecule has 114 valence electrons. The molecule has 0 radical (unpaired) electrons. The molecule has 1 aliphatic heterocycles. The van der Waals surface area contributed by atoms with Crippen LogP contribution in [0.4, 0.5) is 0 Å². The lowest BCUT2D eigenvalue weighted by atomic mass is 9.91. The molecule has 0 bridgehead atoms. The Morgan fingerprint density at radius 3 is 2.81 bits per heavy atom. The first-order valence-electron chi connectivity index (χ1n) is 7.82. The number of amides is 1. The zero-order chi connectivity index (χ0) is 14.9. The van der Waals surface area contributed by atoms with Crippen LogP contribution >= 0.6 is 0 Å². The molecule has 2 fully saturated rings. The molecule has 1 saturated heterocycles. The zero-order valence-corrected chi connectivity index (χ0v) is 12.9. The Morgan fingerprint density at radius 2 is 2.10 bits per heavy atom. The number of nitrogens with zero attached hydrogens (tertiary/aromatic N) is 1. The first kappa shape index (κ1) is 14.4. The average molecular weight is 288 g/mol. The van der Waals surface area contributed by atoms with Gasteiger partial charge in [0, 0.05) is 25.2 Å². The van der Waals surface area contributed by atoms with Gasteiger partial charge in [-0.15, -0.1) is 0 Å². The number of carbonyl (C=O) groups is 1. The number of aryl methyl sites for hydroxylation is 1. The monoisotopic (exact) mass is 288 g/mol. The summed E-state index contributed by atoms with van der Waals surface area (Å²) in [6.07, 6.45) is 4.25. The van der Waals surface area contributed by atoms with E-state index in [2.05, 4.69) is 35.3 Å². The zero-order valence-electron chi connectivity index (χ0n) is 12.9. The summed E-state index contributed by atoms with van der Waals surface area (Å²) in [5.41, 5.74) is 2.08. The summed E-state index contributed by atoms with van der Waals surface area (Å²) in [6.45, 7) is 4.52. The minimum absolute atomic E-state index is 0.220. The minimum Gasteiger partial charge on any atom is -0.496 e.